The number of hydrogen-bond acceptors (Lipinski definition) is 4. The lowest BCUT2D eigenvalue weighted by Crippen LogP contribution is -2.26. The highest BCUT2D eigenvalue weighted by atomic mass is 35.5. The summed E-state index contributed by atoms with van der Waals surface area (Å²) in [5, 5.41) is 6.91. The number of amides is 1. The van der Waals surface area contributed by atoms with Crippen molar-refractivity contribution < 1.29 is 4.79 Å². The van der Waals surface area contributed by atoms with Crippen LogP contribution in [0.5, 0.6) is 0 Å². The van der Waals surface area contributed by atoms with E-state index in [4.69, 9.17) is 0 Å². The van der Waals surface area contributed by atoms with E-state index in [2.05, 4.69) is 22.2 Å². The Bertz CT molecular complexity index is 416. The smallest absolute Gasteiger partial charge is 0.226 e. The summed E-state index contributed by atoms with van der Waals surface area (Å²) in [4.78, 5) is 17.1. The highest BCUT2D eigenvalue weighted by Crippen LogP contribution is 2.31. The number of thiazole rings is 1. The summed E-state index contributed by atoms with van der Waals surface area (Å²) in [6.07, 6.45) is 7.16. The number of aromatic nitrogens is 1. The van der Waals surface area contributed by atoms with Gasteiger partial charge < -0.3 is 10.6 Å². The fourth-order valence-electron chi connectivity index (χ4n) is 2.05. The van der Waals surface area contributed by atoms with Gasteiger partial charge >= 0.3 is 0 Å². The number of rotatable bonds is 5. The van der Waals surface area contributed by atoms with Crippen LogP contribution in [-0.2, 0) is 4.79 Å². The van der Waals surface area contributed by atoms with Crippen LogP contribution in [0.25, 0.3) is 0 Å². The average Bonchev–Trinajstić information content (AvgIpc) is 2.86. The van der Waals surface area contributed by atoms with Gasteiger partial charge in [-0.15, -0.1) is 30.3 Å². The normalized spacial score (nSPS) is 15.6. The van der Waals surface area contributed by atoms with Gasteiger partial charge in [0.2, 0.25) is 5.91 Å². The molecule has 1 aromatic heterocycles. The summed E-state index contributed by atoms with van der Waals surface area (Å²) in [6.45, 7) is 5.75. The zero-order valence-electron chi connectivity index (χ0n) is 10.9. The third-order valence-corrected chi connectivity index (χ3v) is 4.16. The molecular formula is C13H20ClN3OS. The van der Waals surface area contributed by atoms with Gasteiger partial charge in [0.25, 0.3) is 0 Å². The molecule has 0 saturated carbocycles. The second-order valence-corrected chi connectivity index (χ2v) is 5.53. The van der Waals surface area contributed by atoms with E-state index in [1.807, 2.05) is 6.20 Å². The minimum atomic E-state index is 0. The molecule has 106 valence electrons. The summed E-state index contributed by atoms with van der Waals surface area (Å²) in [5.74, 6) is 0.615. The summed E-state index contributed by atoms with van der Waals surface area (Å²) in [6, 6.07) is 0. The summed E-state index contributed by atoms with van der Waals surface area (Å²) < 4.78 is 0. The Morgan fingerprint density at radius 3 is 3.00 bits per heavy atom. The van der Waals surface area contributed by atoms with Crippen LogP contribution in [0.2, 0.25) is 0 Å². The van der Waals surface area contributed by atoms with Crippen molar-refractivity contribution in [1.29, 1.82) is 0 Å². The maximum absolute atomic E-state index is 11.6. The van der Waals surface area contributed by atoms with Gasteiger partial charge in [-0.2, -0.15) is 0 Å². The van der Waals surface area contributed by atoms with Crippen LogP contribution >= 0.6 is 23.7 Å². The van der Waals surface area contributed by atoms with Crippen molar-refractivity contribution in [3.05, 3.63) is 23.7 Å². The van der Waals surface area contributed by atoms with Gasteiger partial charge in [-0.3, -0.25) is 4.79 Å². The van der Waals surface area contributed by atoms with Crippen molar-refractivity contribution in [3.63, 3.8) is 0 Å². The van der Waals surface area contributed by atoms with Crippen molar-refractivity contribution in [2.75, 3.05) is 18.4 Å². The van der Waals surface area contributed by atoms with Crippen LogP contribution in [0.1, 0.15) is 36.5 Å². The fraction of sp³-hybridized carbons (Fsp3) is 0.538. The van der Waals surface area contributed by atoms with E-state index in [1.54, 1.807) is 17.4 Å². The predicted octanol–water partition coefficient (Wildman–Crippen LogP) is 2.94. The number of allylic oxidation sites excluding steroid dienone is 1. The molecular weight excluding hydrogens is 282 g/mol. The molecule has 2 N–H and O–H groups in total. The van der Waals surface area contributed by atoms with Gasteiger partial charge in [-0.25, -0.2) is 4.98 Å². The van der Waals surface area contributed by atoms with Crippen molar-refractivity contribution in [2.24, 2.45) is 0 Å². The number of piperidine rings is 1. The van der Waals surface area contributed by atoms with E-state index >= 15 is 0 Å². The molecule has 0 aliphatic carbocycles. The van der Waals surface area contributed by atoms with Gasteiger partial charge in [0.15, 0.2) is 5.13 Å². The largest absolute Gasteiger partial charge is 0.317 e. The highest BCUT2D eigenvalue weighted by molar-refractivity contribution is 7.15. The molecule has 1 aliphatic heterocycles. The standard InChI is InChI=1S/C13H19N3OS.ClH/c1-2-3-4-12(17)16-13-15-9-11(18-13)10-5-7-14-8-6-10;/h2,9-10,14H,1,3-8H2,(H,15,16,17);1H. The summed E-state index contributed by atoms with van der Waals surface area (Å²) in [5.41, 5.74) is 0. The first kappa shape index (κ1) is 16.1. The van der Waals surface area contributed by atoms with Crippen LogP contribution in [0.3, 0.4) is 0 Å². The summed E-state index contributed by atoms with van der Waals surface area (Å²) >= 11 is 1.60. The van der Waals surface area contributed by atoms with E-state index in [0.717, 1.165) is 31.1 Å². The quantitative estimate of drug-likeness (QED) is 0.822. The molecule has 0 atom stereocenters. The topological polar surface area (TPSA) is 54.0 Å². The van der Waals surface area contributed by atoms with E-state index in [9.17, 15) is 4.79 Å². The lowest BCUT2D eigenvalue weighted by atomic mass is 9.97. The number of halogens is 1. The van der Waals surface area contributed by atoms with Crippen LogP contribution < -0.4 is 10.6 Å². The Morgan fingerprint density at radius 2 is 2.32 bits per heavy atom. The molecule has 0 bridgehead atoms. The molecule has 19 heavy (non-hydrogen) atoms. The minimum Gasteiger partial charge on any atom is -0.317 e. The van der Waals surface area contributed by atoms with E-state index in [1.165, 1.54) is 4.88 Å². The van der Waals surface area contributed by atoms with Crippen LogP contribution in [0.4, 0.5) is 5.13 Å². The third-order valence-electron chi connectivity index (χ3n) is 3.09. The molecule has 1 saturated heterocycles. The van der Waals surface area contributed by atoms with Gasteiger partial charge in [-0.1, -0.05) is 6.08 Å². The molecule has 0 radical (unpaired) electrons. The Balaban J connectivity index is 0.00000180. The molecule has 1 aromatic rings. The number of nitrogens with zero attached hydrogens (tertiary/aromatic N) is 1. The zero-order valence-corrected chi connectivity index (χ0v) is 12.5. The number of nitrogens with one attached hydrogen (secondary N) is 2. The highest BCUT2D eigenvalue weighted by Gasteiger charge is 2.18. The number of anilines is 1. The maximum atomic E-state index is 11.6. The average molecular weight is 302 g/mol. The maximum Gasteiger partial charge on any atom is 0.226 e. The fourth-order valence-corrected chi connectivity index (χ4v) is 3.06. The molecule has 4 nitrogen and oxygen atoms in total. The van der Waals surface area contributed by atoms with E-state index < -0.39 is 0 Å². The molecule has 0 spiro atoms. The van der Waals surface area contributed by atoms with E-state index in [0.29, 0.717) is 18.8 Å². The van der Waals surface area contributed by atoms with Gasteiger partial charge in [-0.05, 0) is 38.3 Å². The molecule has 2 rings (SSSR count). The first-order valence-electron chi connectivity index (χ1n) is 6.37. The van der Waals surface area contributed by atoms with E-state index in [-0.39, 0.29) is 18.3 Å². The Hall–Kier alpha value is -0.910. The number of carbonyl (C=O) groups is 1. The summed E-state index contributed by atoms with van der Waals surface area (Å²) in [7, 11) is 0. The first-order valence-corrected chi connectivity index (χ1v) is 7.18. The van der Waals surface area contributed by atoms with Crippen molar-refractivity contribution in [2.45, 2.75) is 31.6 Å². The molecule has 6 heteroatoms. The molecule has 1 fully saturated rings. The molecule has 1 amide bonds. The van der Waals surface area contributed by atoms with Crippen molar-refractivity contribution in [3.8, 4) is 0 Å². The molecule has 1 aliphatic rings. The molecule has 0 unspecified atom stereocenters. The lowest BCUT2D eigenvalue weighted by molar-refractivity contribution is -0.116. The molecule has 0 aromatic carbocycles. The Labute approximate surface area is 124 Å². The SMILES string of the molecule is C=CCCC(=O)Nc1ncc(C2CCNCC2)s1.Cl. The minimum absolute atomic E-state index is 0. The molecule has 2 heterocycles. The van der Waals surface area contributed by atoms with Gasteiger partial charge in [0.05, 0.1) is 0 Å². The van der Waals surface area contributed by atoms with Crippen molar-refractivity contribution >= 4 is 34.8 Å². The Morgan fingerprint density at radius 1 is 1.58 bits per heavy atom. The number of carbonyl (C=O) groups excluding carboxylic acids is 1. The Kier molecular flexibility index (Phi) is 7.05. The van der Waals surface area contributed by atoms with Gasteiger partial charge in [0, 0.05) is 17.5 Å². The van der Waals surface area contributed by atoms with Crippen LogP contribution in [0, 0.1) is 0 Å². The predicted molar refractivity (Wildman–Crippen MR) is 82.3 cm³/mol. The van der Waals surface area contributed by atoms with Crippen LogP contribution in [0.15, 0.2) is 18.9 Å². The van der Waals surface area contributed by atoms with Crippen molar-refractivity contribution in [1.82, 2.24) is 10.3 Å². The second-order valence-electron chi connectivity index (χ2n) is 4.47. The first-order chi connectivity index (χ1) is 8.79. The second kappa shape index (κ2) is 8.30. The van der Waals surface area contributed by atoms with Crippen LogP contribution in [-0.4, -0.2) is 24.0 Å². The zero-order chi connectivity index (χ0) is 12.8. The van der Waals surface area contributed by atoms with Gasteiger partial charge in [0.1, 0.15) is 0 Å². The monoisotopic (exact) mass is 301 g/mol. The lowest BCUT2D eigenvalue weighted by Gasteiger charge is -2.20. The number of hydrogen-bond donors (Lipinski definition) is 2. The third kappa shape index (κ3) is 4.93.